The number of aliphatic carboxylic acids is 2. The van der Waals surface area contributed by atoms with Gasteiger partial charge < -0.3 is 20.4 Å². The predicted molar refractivity (Wildman–Crippen MR) is 109 cm³/mol. The van der Waals surface area contributed by atoms with Crippen LogP contribution in [-0.2, 0) is 9.59 Å². The summed E-state index contributed by atoms with van der Waals surface area (Å²) in [6.45, 7) is 3.17. The Morgan fingerprint density at radius 3 is 1.71 bits per heavy atom. The first kappa shape index (κ1) is 22.0. The second-order valence-corrected chi connectivity index (χ2v) is 7.68. The standard InChI is InChI=1S/C23H22O8/c1-3-11(9-15(26)27)17-16(10(2)8-14(24)25)22(30)18-19(23(17)31)21(29)13-7-5-4-6-12(13)20(18)28/h4-7,10-11,30-31H,3,8-9H2,1-2H3,(H,24,25)(H,26,27). The van der Waals surface area contributed by atoms with E-state index in [4.69, 9.17) is 0 Å². The Morgan fingerprint density at radius 2 is 1.29 bits per heavy atom. The van der Waals surface area contributed by atoms with Gasteiger partial charge in [0.15, 0.2) is 11.6 Å². The molecule has 0 aliphatic heterocycles. The van der Waals surface area contributed by atoms with Gasteiger partial charge in [0.2, 0.25) is 0 Å². The summed E-state index contributed by atoms with van der Waals surface area (Å²) in [5, 5.41) is 40.8. The fourth-order valence-electron chi connectivity index (χ4n) is 4.29. The van der Waals surface area contributed by atoms with Crippen molar-refractivity contribution < 1.29 is 39.6 Å². The van der Waals surface area contributed by atoms with Crippen LogP contribution in [0.15, 0.2) is 24.3 Å². The van der Waals surface area contributed by atoms with Gasteiger partial charge in [0.05, 0.1) is 24.0 Å². The predicted octanol–water partition coefficient (Wildman–Crippen LogP) is 3.42. The minimum Gasteiger partial charge on any atom is -0.507 e. The Morgan fingerprint density at radius 1 is 0.839 bits per heavy atom. The van der Waals surface area contributed by atoms with Crippen molar-refractivity contribution >= 4 is 23.5 Å². The maximum Gasteiger partial charge on any atom is 0.303 e. The molecule has 4 N–H and O–H groups in total. The summed E-state index contributed by atoms with van der Waals surface area (Å²) < 4.78 is 0. The molecule has 0 spiro atoms. The van der Waals surface area contributed by atoms with Gasteiger partial charge in [-0.05, 0) is 18.3 Å². The quantitative estimate of drug-likeness (QED) is 0.420. The van der Waals surface area contributed by atoms with Crippen LogP contribution >= 0.6 is 0 Å². The maximum atomic E-state index is 13.1. The van der Waals surface area contributed by atoms with Crippen molar-refractivity contribution in [3.05, 3.63) is 57.6 Å². The van der Waals surface area contributed by atoms with Gasteiger partial charge in [-0.3, -0.25) is 19.2 Å². The first-order valence-electron chi connectivity index (χ1n) is 9.83. The number of phenols is 2. The molecular formula is C23H22O8. The first-order chi connectivity index (χ1) is 14.6. The molecule has 0 bridgehead atoms. The van der Waals surface area contributed by atoms with E-state index in [2.05, 4.69) is 0 Å². The highest BCUT2D eigenvalue weighted by atomic mass is 16.4. The molecule has 2 aromatic carbocycles. The van der Waals surface area contributed by atoms with E-state index in [9.17, 15) is 39.6 Å². The molecule has 0 radical (unpaired) electrons. The molecule has 1 aliphatic carbocycles. The highest BCUT2D eigenvalue weighted by Crippen LogP contribution is 2.49. The lowest BCUT2D eigenvalue weighted by atomic mass is 9.75. The number of aromatic hydroxyl groups is 2. The van der Waals surface area contributed by atoms with Crippen molar-refractivity contribution in [3.63, 3.8) is 0 Å². The van der Waals surface area contributed by atoms with Crippen molar-refractivity contribution in [2.75, 3.05) is 0 Å². The molecule has 8 heteroatoms. The zero-order valence-electron chi connectivity index (χ0n) is 17.0. The van der Waals surface area contributed by atoms with Crippen molar-refractivity contribution in [2.45, 2.75) is 44.9 Å². The first-order valence-corrected chi connectivity index (χ1v) is 9.83. The fourth-order valence-corrected chi connectivity index (χ4v) is 4.29. The molecule has 0 heterocycles. The van der Waals surface area contributed by atoms with Crippen LogP contribution in [0.1, 0.15) is 87.9 Å². The van der Waals surface area contributed by atoms with Gasteiger partial charge >= 0.3 is 11.9 Å². The van der Waals surface area contributed by atoms with Crippen LogP contribution in [-0.4, -0.2) is 43.9 Å². The van der Waals surface area contributed by atoms with Crippen LogP contribution < -0.4 is 0 Å². The second-order valence-electron chi connectivity index (χ2n) is 7.68. The Bertz CT molecular complexity index is 1120. The lowest BCUT2D eigenvalue weighted by molar-refractivity contribution is -0.138. The summed E-state index contributed by atoms with van der Waals surface area (Å²) in [6, 6.07) is 6.00. The number of benzene rings is 2. The number of fused-ring (bicyclic) bond motifs is 2. The summed E-state index contributed by atoms with van der Waals surface area (Å²) in [5.41, 5.74) is -0.661. The van der Waals surface area contributed by atoms with Crippen LogP contribution in [0.25, 0.3) is 0 Å². The van der Waals surface area contributed by atoms with Crippen LogP contribution in [0.2, 0.25) is 0 Å². The molecule has 2 atom stereocenters. The molecule has 8 nitrogen and oxygen atoms in total. The summed E-state index contributed by atoms with van der Waals surface area (Å²) in [7, 11) is 0. The van der Waals surface area contributed by atoms with E-state index >= 15 is 0 Å². The minimum atomic E-state index is -1.17. The van der Waals surface area contributed by atoms with Crippen molar-refractivity contribution in [1.82, 2.24) is 0 Å². The van der Waals surface area contributed by atoms with Gasteiger partial charge in [-0.15, -0.1) is 0 Å². The van der Waals surface area contributed by atoms with Gasteiger partial charge in [-0.2, -0.15) is 0 Å². The van der Waals surface area contributed by atoms with Crippen molar-refractivity contribution in [2.24, 2.45) is 0 Å². The summed E-state index contributed by atoms with van der Waals surface area (Å²) in [5.74, 6) is -6.50. The van der Waals surface area contributed by atoms with Crippen LogP contribution in [0.4, 0.5) is 0 Å². The molecule has 0 aromatic heterocycles. The third kappa shape index (κ3) is 3.65. The van der Waals surface area contributed by atoms with Gasteiger partial charge in [-0.25, -0.2) is 0 Å². The molecule has 0 saturated carbocycles. The number of hydrogen-bond acceptors (Lipinski definition) is 6. The van der Waals surface area contributed by atoms with E-state index < -0.39 is 59.7 Å². The van der Waals surface area contributed by atoms with Crippen LogP contribution in [0.3, 0.4) is 0 Å². The summed E-state index contributed by atoms with van der Waals surface area (Å²) in [6.07, 6.45) is -0.599. The lowest BCUT2D eigenvalue weighted by Gasteiger charge is -2.28. The van der Waals surface area contributed by atoms with E-state index in [1.165, 1.54) is 19.1 Å². The molecular weight excluding hydrogens is 404 g/mol. The molecule has 0 saturated heterocycles. The maximum absolute atomic E-state index is 13.1. The van der Waals surface area contributed by atoms with Gasteiger partial charge in [0.1, 0.15) is 11.5 Å². The summed E-state index contributed by atoms with van der Waals surface area (Å²) in [4.78, 5) is 49.0. The average Bonchev–Trinajstić information content (AvgIpc) is 2.70. The van der Waals surface area contributed by atoms with Crippen molar-refractivity contribution in [3.8, 4) is 11.5 Å². The van der Waals surface area contributed by atoms with E-state index in [-0.39, 0.29) is 39.8 Å². The Kier molecular flexibility index (Phi) is 5.83. The molecule has 2 unspecified atom stereocenters. The Labute approximate surface area is 177 Å². The number of phenolic OH excluding ortho intramolecular Hbond substituents is 2. The zero-order valence-corrected chi connectivity index (χ0v) is 17.0. The third-order valence-corrected chi connectivity index (χ3v) is 5.69. The van der Waals surface area contributed by atoms with E-state index in [1.54, 1.807) is 19.1 Å². The molecule has 3 rings (SSSR count). The van der Waals surface area contributed by atoms with Crippen LogP contribution in [0.5, 0.6) is 11.5 Å². The third-order valence-electron chi connectivity index (χ3n) is 5.69. The Balaban J connectivity index is 2.39. The molecule has 31 heavy (non-hydrogen) atoms. The largest absolute Gasteiger partial charge is 0.507 e. The van der Waals surface area contributed by atoms with Gasteiger partial charge in [0, 0.05) is 22.3 Å². The normalized spacial score (nSPS) is 14.5. The van der Waals surface area contributed by atoms with E-state index in [0.29, 0.717) is 0 Å². The number of carboxylic acid groups (broad SMARTS) is 2. The number of rotatable bonds is 7. The molecule has 2 aromatic rings. The monoisotopic (exact) mass is 426 g/mol. The SMILES string of the molecule is CCC(CC(=O)O)c1c(O)c2c(c(O)c1C(C)CC(=O)O)C(=O)c1ccccc1C2=O. The highest BCUT2D eigenvalue weighted by Gasteiger charge is 2.40. The molecule has 1 aliphatic rings. The number of ketones is 2. The zero-order chi connectivity index (χ0) is 23.0. The van der Waals surface area contributed by atoms with Crippen LogP contribution in [0, 0.1) is 0 Å². The molecule has 162 valence electrons. The number of carbonyl (C=O) groups is 4. The molecule has 0 fully saturated rings. The minimum absolute atomic E-state index is 0.00423. The average molecular weight is 426 g/mol. The van der Waals surface area contributed by atoms with Crippen molar-refractivity contribution in [1.29, 1.82) is 0 Å². The van der Waals surface area contributed by atoms with E-state index in [0.717, 1.165) is 0 Å². The second kappa shape index (κ2) is 8.22. The highest BCUT2D eigenvalue weighted by molar-refractivity contribution is 6.30. The van der Waals surface area contributed by atoms with Gasteiger partial charge in [0.25, 0.3) is 0 Å². The van der Waals surface area contributed by atoms with Gasteiger partial charge in [-0.1, -0.05) is 38.1 Å². The fraction of sp³-hybridized carbons (Fsp3) is 0.304. The summed E-state index contributed by atoms with van der Waals surface area (Å²) >= 11 is 0. The topological polar surface area (TPSA) is 149 Å². The smallest absolute Gasteiger partial charge is 0.303 e. The molecule has 0 amide bonds. The number of hydrogen-bond donors (Lipinski definition) is 4. The lowest BCUT2D eigenvalue weighted by Crippen LogP contribution is -2.24. The number of carbonyl (C=O) groups excluding carboxylic acids is 2. The van der Waals surface area contributed by atoms with E-state index in [1.807, 2.05) is 0 Å². The Hall–Kier alpha value is -3.68. The number of carboxylic acids is 2.